The van der Waals surface area contributed by atoms with Gasteiger partial charge in [0, 0.05) is 0 Å². The standard InChI is InChI=1S/C22H22F6O4/c1-20(2,3)32-19(30)14-6-4-13(5-7-14)12-31-18(11-29)15-8-16(21(23,24)25)10-17(9-15)22(26,27)28/h4-10,18,29H,11-12H2,1-3H3. The molecule has 2 aromatic carbocycles. The number of aliphatic hydroxyl groups is 1. The lowest BCUT2D eigenvalue weighted by atomic mass is 10.0. The van der Waals surface area contributed by atoms with Crippen molar-refractivity contribution in [2.45, 2.75) is 51.4 Å². The number of carbonyl (C=O) groups is 1. The van der Waals surface area contributed by atoms with Crippen LogP contribution in [0.15, 0.2) is 42.5 Å². The SMILES string of the molecule is CC(C)(C)OC(=O)c1ccc(COC(CO)c2cc(C(F)(F)F)cc(C(F)(F)F)c2)cc1. The molecule has 0 bridgehead atoms. The molecular formula is C22H22F6O4. The Morgan fingerprint density at radius 3 is 1.81 bits per heavy atom. The highest BCUT2D eigenvalue weighted by molar-refractivity contribution is 5.89. The number of ether oxygens (including phenoxy) is 2. The summed E-state index contributed by atoms with van der Waals surface area (Å²) in [5.41, 5.74) is -3.39. The number of carbonyl (C=O) groups excluding carboxylic acids is 1. The van der Waals surface area contributed by atoms with E-state index in [4.69, 9.17) is 9.47 Å². The van der Waals surface area contributed by atoms with Gasteiger partial charge >= 0.3 is 18.3 Å². The molecule has 0 spiro atoms. The third-order valence-electron chi connectivity index (χ3n) is 4.19. The molecular weight excluding hydrogens is 442 g/mol. The quantitative estimate of drug-likeness (QED) is 0.425. The third kappa shape index (κ3) is 7.23. The summed E-state index contributed by atoms with van der Waals surface area (Å²) < 4.78 is 88.9. The van der Waals surface area contributed by atoms with Crippen molar-refractivity contribution in [3.8, 4) is 0 Å². The van der Waals surface area contributed by atoms with Crippen LogP contribution in [0.25, 0.3) is 0 Å². The van der Waals surface area contributed by atoms with Gasteiger partial charge in [-0.3, -0.25) is 0 Å². The Morgan fingerprint density at radius 1 is 0.906 bits per heavy atom. The molecule has 10 heteroatoms. The molecule has 0 heterocycles. The van der Waals surface area contributed by atoms with Gasteiger partial charge < -0.3 is 14.6 Å². The lowest BCUT2D eigenvalue weighted by Crippen LogP contribution is -2.23. The predicted molar refractivity (Wildman–Crippen MR) is 103 cm³/mol. The third-order valence-corrected chi connectivity index (χ3v) is 4.19. The van der Waals surface area contributed by atoms with Crippen LogP contribution in [-0.4, -0.2) is 23.3 Å². The van der Waals surface area contributed by atoms with E-state index in [1.807, 2.05) is 0 Å². The van der Waals surface area contributed by atoms with Gasteiger partial charge in [-0.15, -0.1) is 0 Å². The molecule has 0 aliphatic rings. The van der Waals surface area contributed by atoms with E-state index in [1.54, 1.807) is 20.8 Å². The summed E-state index contributed by atoms with van der Waals surface area (Å²) in [6.07, 6.45) is -11.4. The first-order valence-corrected chi connectivity index (χ1v) is 9.44. The Labute approximate surface area is 180 Å². The summed E-state index contributed by atoms with van der Waals surface area (Å²) >= 11 is 0. The largest absolute Gasteiger partial charge is 0.456 e. The maximum Gasteiger partial charge on any atom is 0.416 e. The molecule has 0 radical (unpaired) electrons. The van der Waals surface area contributed by atoms with E-state index in [2.05, 4.69) is 0 Å². The second kappa shape index (κ2) is 9.50. The maximum atomic E-state index is 13.1. The highest BCUT2D eigenvalue weighted by Gasteiger charge is 2.37. The van der Waals surface area contributed by atoms with Crippen molar-refractivity contribution >= 4 is 5.97 Å². The fourth-order valence-electron chi connectivity index (χ4n) is 2.69. The first-order valence-electron chi connectivity index (χ1n) is 9.44. The highest BCUT2D eigenvalue weighted by Crippen LogP contribution is 2.38. The molecule has 0 amide bonds. The van der Waals surface area contributed by atoms with Crippen LogP contribution in [-0.2, 0) is 28.4 Å². The molecule has 1 atom stereocenters. The Balaban J connectivity index is 2.20. The molecule has 0 fully saturated rings. The smallest absolute Gasteiger partial charge is 0.416 e. The fraction of sp³-hybridized carbons (Fsp3) is 0.409. The number of aliphatic hydroxyl groups excluding tert-OH is 1. The van der Waals surface area contributed by atoms with E-state index in [1.165, 1.54) is 24.3 Å². The van der Waals surface area contributed by atoms with E-state index in [-0.39, 0.29) is 18.2 Å². The van der Waals surface area contributed by atoms with Crippen molar-refractivity contribution in [3.63, 3.8) is 0 Å². The summed E-state index contributed by atoms with van der Waals surface area (Å²) in [4.78, 5) is 12.0. The van der Waals surface area contributed by atoms with Gasteiger partial charge in [-0.05, 0) is 62.2 Å². The van der Waals surface area contributed by atoms with E-state index in [0.29, 0.717) is 17.7 Å². The van der Waals surface area contributed by atoms with Crippen molar-refractivity contribution in [1.82, 2.24) is 0 Å². The number of benzene rings is 2. The number of hydrogen-bond acceptors (Lipinski definition) is 4. The molecule has 0 saturated carbocycles. The van der Waals surface area contributed by atoms with E-state index >= 15 is 0 Å². The van der Waals surface area contributed by atoms with Gasteiger partial charge in [0.25, 0.3) is 0 Å². The van der Waals surface area contributed by atoms with Gasteiger partial charge in [0.15, 0.2) is 0 Å². The van der Waals surface area contributed by atoms with Crippen LogP contribution >= 0.6 is 0 Å². The fourth-order valence-corrected chi connectivity index (χ4v) is 2.69. The van der Waals surface area contributed by atoms with Gasteiger partial charge in [0.05, 0.1) is 29.9 Å². The average Bonchev–Trinajstić information content (AvgIpc) is 2.66. The van der Waals surface area contributed by atoms with Crippen LogP contribution in [0, 0.1) is 0 Å². The van der Waals surface area contributed by atoms with Crippen LogP contribution in [0.1, 0.15) is 59.5 Å². The van der Waals surface area contributed by atoms with Gasteiger partial charge in [-0.25, -0.2) is 4.79 Å². The number of esters is 1. The predicted octanol–water partition coefficient (Wildman–Crippen LogP) is 5.93. The van der Waals surface area contributed by atoms with Crippen LogP contribution in [0.4, 0.5) is 26.3 Å². The van der Waals surface area contributed by atoms with Gasteiger partial charge in [0.1, 0.15) is 11.7 Å². The molecule has 2 aromatic rings. The topological polar surface area (TPSA) is 55.8 Å². The summed E-state index contributed by atoms with van der Waals surface area (Å²) in [5.74, 6) is -0.554. The Kier molecular flexibility index (Phi) is 7.62. The normalized spacial score (nSPS) is 13.7. The summed E-state index contributed by atoms with van der Waals surface area (Å²) in [7, 11) is 0. The average molecular weight is 464 g/mol. The molecule has 0 aliphatic carbocycles. The number of hydrogen-bond donors (Lipinski definition) is 1. The van der Waals surface area contributed by atoms with Crippen molar-refractivity contribution in [2.75, 3.05) is 6.61 Å². The van der Waals surface area contributed by atoms with E-state index in [0.717, 1.165) is 0 Å². The zero-order chi connectivity index (χ0) is 24.3. The number of alkyl halides is 6. The lowest BCUT2D eigenvalue weighted by molar-refractivity contribution is -0.143. The maximum absolute atomic E-state index is 13.1. The van der Waals surface area contributed by atoms with E-state index < -0.39 is 53.3 Å². The first kappa shape index (κ1) is 25.7. The Bertz CT molecular complexity index is 895. The van der Waals surface area contributed by atoms with Gasteiger partial charge in [0.2, 0.25) is 0 Å². The zero-order valence-corrected chi connectivity index (χ0v) is 17.5. The molecule has 32 heavy (non-hydrogen) atoms. The van der Waals surface area contributed by atoms with Crippen molar-refractivity contribution in [1.29, 1.82) is 0 Å². The number of halogens is 6. The Hall–Kier alpha value is -2.59. The van der Waals surface area contributed by atoms with Crippen LogP contribution in [0.3, 0.4) is 0 Å². The Morgan fingerprint density at radius 2 is 1.41 bits per heavy atom. The molecule has 0 aliphatic heterocycles. The molecule has 176 valence electrons. The van der Waals surface area contributed by atoms with Gasteiger partial charge in [-0.1, -0.05) is 12.1 Å². The minimum Gasteiger partial charge on any atom is -0.456 e. The van der Waals surface area contributed by atoms with Crippen molar-refractivity contribution in [2.24, 2.45) is 0 Å². The second-order valence-electron chi connectivity index (χ2n) is 8.02. The van der Waals surface area contributed by atoms with Crippen molar-refractivity contribution in [3.05, 3.63) is 70.3 Å². The van der Waals surface area contributed by atoms with E-state index in [9.17, 15) is 36.2 Å². The monoisotopic (exact) mass is 464 g/mol. The number of rotatable bonds is 6. The molecule has 0 saturated heterocycles. The molecule has 1 unspecified atom stereocenters. The van der Waals surface area contributed by atoms with Crippen LogP contribution < -0.4 is 0 Å². The van der Waals surface area contributed by atoms with Crippen molar-refractivity contribution < 1.29 is 45.7 Å². The molecule has 2 rings (SSSR count). The minimum atomic E-state index is -5.01. The zero-order valence-electron chi connectivity index (χ0n) is 17.5. The van der Waals surface area contributed by atoms with Gasteiger partial charge in [-0.2, -0.15) is 26.3 Å². The summed E-state index contributed by atoms with van der Waals surface area (Å²) in [6, 6.07) is 6.94. The highest BCUT2D eigenvalue weighted by atomic mass is 19.4. The second-order valence-corrected chi connectivity index (χ2v) is 8.02. The first-order chi connectivity index (χ1) is 14.6. The summed E-state index contributed by atoms with van der Waals surface area (Å²) in [5, 5.41) is 9.52. The van der Waals surface area contributed by atoms with Crippen LogP contribution in [0.2, 0.25) is 0 Å². The van der Waals surface area contributed by atoms with Crippen LogP contribution in [0.5, 0.6) is 0 Å². The molecule has 1 N–H and O–H groups in total. The minimum absolute atomic E-state index is 0.00727. The lowest BCUT2D eigenvalue weighted by Gasteiger charge is -2.20. The molecule has 0 aromatic heterocycles. The molecule has 4 nitrogen and oxygen atoms in total. The summed E-state index contributed by atoms with van der Waals surface area (Å²) in [6.45, 7) is 4.06.